The molecule has 0 N–H and O–H groups in total. The Balaban J connectivity index is 1.69. The minimum absolute atomic E-state index is 0.0668. The first-order chi connectivity index (χ1) is 14.1. The molecule has 3 aromatic rings. The number of para-hydroxylation sites is 1. The SMILES string of the molecule is COC[C@H](C)n1c(SCc2cc(Cl)c3c(c2)OCCO3)nc2ccccc2c1=O. The summed E-state index contributed by atoms with van der Waals surface area (Å²) in [6, 6.07) is 11.0. The first kappa shape index (κ1) is 20.1. The molecule has 0 aliphatic carbocycles. The molecule has 1 atom stereocenters. The van der Waals surface area contributed by atoms with E-state index in [2.05, 4.69) is 0 Å². The quantitative estimate of drug-likeness (QED) is 0.427. The molecule has 8 heteroatoms. The van der Waals surface area contributed by atoms with Gasteiger partial charge in [0.25, 0.3) is 5.56 Å². The van der Waals surface area contributed by atoms with Gasteiger partial charge in [-0.2, -0.15) is 0 Å². The number of halogens is 1. The Kier molecular flexibility index (Phi) is 5.99. The summed E-state index contributed by atoms with van der Waals surface area (Å²) in [4.78, 5) is 17.9. The molecule has 0 saturated heterocycles. The van der Waals surface area contributed by atoms with Crippen molar-refractivity contribution in [2.45, 2.75) is 23.9 Å². The van der Waals surface area contributed by atoms with Gasteiger partial charge >= 0.3 is 0 Å². The lowest BCUT2D eigenvalue weighted by atomic mass is 10.2. The standard InChI is InChI=1S/C21H21ClN2O4S/c1-13(11-26-2)24-20(25)15-5-3-4-6-17(15)23-21(24)29-12-14-9-16(22)19-18(10-14)27-7-8-28-19/h3-6,9-10,13H,7-8,11-12H2,1-2H3/t13-/m0/s1. The second-order valence-corrected chi connectivity index (χ2v) is 8.13. The second kappa shape index (κ2) is 8.65. The van der Waals surface area contributed by atoms with Gasteiger partial charge in [-0.1, -0.05) is 35.5 Å². The van der Waals surface area contributed by atoms with E-state index in [0.29, 0.717) is 58.2 Å². The maximum absolute atomic E-state index is 13.1. The lowest BCUT2D eigenvalue weighted by Gasteiger charge is -2.21. The van der Waals surface area contributed by atoms with Gasteiger partial charge in [0, 0.05) is 12.9 Å². The summed E-state index contributed by atoms with van der Waals surface area (Å²) >= 11 is 7.84. The van der Waals surface area contributed by atoms with Crippen LogP contribution in [-0.2, 0) is 10.5 Å². The first-order valence-corrected chi connectivity index (χ1v) is 10.7. The molecule has 1 aromatic heterocycles. The predicted molar refractivity (Wildman–Crippen MR) is 115 cm³/mol. The minimum atomic E-state index is -0.143. The molecule has 2 aromatic carbocycles. The molecule has 0 saturated carbocycles. The van der Waals surface area contributed by atoms with Gasteiger partial charge in [-0.15, -0.1) is 0 Å². The van der Waals surface area contributed by atoms with Crippen LogP contribution in [-0.4, -0.2) is 36.5 Å². The van der Waals surface area contributed by atoms with E-state index in [-0.39, 0.29) is 11.6 Å². The number of ether oxygens (including phenoxy) is 3. The van der Waals surface area contributed by atoms with Crippen LogP contribution >= 0.6 is 23.4 Å². The highest BCUT2D eigenvalue weighted by molar-refractivity contribution is 7.98. The number of fused-ring (bicyclic) bond motifs is 2. The average Bonchev–Trinajstić information content (AvgIpc) is 2.72. The van der Waals surface area contributed by atoms with Crippen molar-refractivity contribution in [3.05, 3.63) is 57.3 Å². The number of methoxy groups -OCH3 is 1. The Morgan fingerprint density at radius 3 is 2.90 bits per heavy atom. The fourth-order valence-electron chi connectivity index (χ4n) is 3.33. The molecule has 0 amide bonds. The summed E-state index contributed by atoms with van der Waals surface area (Å²) in [5.41, 5.74) is 1.58. The van der Waals surface area contributed by atoms with Crippen LogP contribution in [0, 0.1) is 0 Å². The Morgan fingerprint density at radius 1 is 1.28 bits per heavy atom. The van der Waals surface area contributed by atoms with E-state index in [1.54, 1.807) is 17.7 Å². The third kappa shape index (κ3) is 4.08. The van der Waals surface area contributed by atoms with Crippen molar-refractivity contribution in [1.29, 1.82) is 0 Å². The number of benzene rings is 2. The van der Waals surface area contributed by atoms with E-state index in [1.165, 1.54) is 11.8 Å². The summed E-state index contributed by atoms with van der Waals surface area (Å²) in [5.74, 6) is 1.82. The van der Waals surface area contributed by atoms with Crippen molar-refractivity contribution in [2.75, 3.05) is 26.9 Å². The number of nitrogens with zero attached hydrogens (tertiary/aromatic N) is 2. The van der Waals surface area contributed by atoms with Crippen molar-refractivity contribution >= 4 is 34.3 Å². The monoisotopic (exact) mass is 432 g/mol. The highest BCUT2D eigenvalue weighted by Crippen LogP contribution is 2.39. The molecular weight excluding hydrogens is 412 g/mol. The number of aromatic nitrogens is 2. The molecule has 0 fully saturated rings. The molecule has 0 radical (unpaired) electrons. The Bertz CT molecular complexity index is 1100. The second-order valence-electron chi connectivity index (χ2n) is 6.78. The van der Waals surface area contributed by atoms with Crippen molar-refractivity contribution in [2.24, 2.45) is 0 Å². The normalized spacial score (nSPS) is 14.2. The lowest BCUT2D eigenvalue weighted by Crippen LogP contribution is -2.28. The molecule has 152 valence electrons. The van der Waals surface area contributed by atoms with E-state index in [0.717, 1.165) is 5.56 Å². The van der Waals surface area contributed by atoms with Gasteiger partial charge in [-0.05, 0) is 36.8 Å². The molecule has 0 unspecified atom stereocenters. The van der Waals surface area contributed by atoms with Crippen LogP contribution in [0.25, 0.3) is 10.9 Å². The number of thioether (sulfide) groups is 1. The minimum Gasteiger partial charge on any atom is -0.486 e. The zero-order valence-corrected chi connectivity index (χ0v) is 17.8. The third-order valence-electron chi connectivity index (χ3n) is 4.65. The third-order valence-corrected chi connectivity index (χ3v) is 5.95. The Hall–Kier alpha value is -2.22. The summed E-state index contributed by atoms with van der Waals surface area (Å²) in [7, 11) is 1.63. The predicted octanol–water partition coefficient (Wildman–Crippen LogP) is 4.32. The van der Waals surface area contributed by atoms with Crippen molar-refractivity contribution in [1.82, 2.24) is 9.55 Å². The number of hydrogen-bond acceptors (Lipinski definition) is 6. The number of rotatable bonds is 6. The van der Waals surface area contributed by atoms with Gasteiger partial charge in [-0.3, -0.25) is 9.36 Å². The van der Waals surface area contributed by atoms with Crippen LogP contribution in [0.2, 0.25) is 5.02 Å². The highest BCUT2D eigenvalue weighted by Gasteiger charge is 2.19. The molecule has 29 heavy (non-hydrogen) atoms. The largest absolute Gasteiger partial charge is 0.486 e. The van der Waals surface area contributed by atoms with Gasteiger partial charge in [-0.25, -0.2) is 4.98 Å². The molecule has 1 aliphatic heterocycles. The van der Waals surface area contributed by atoms with Crippen LogP contribution < -0.4 is 15.0 Å². The van der Waals surface area contributed by atoms with E-state index in [4.69, 9.17) is 30.8 Å². The van der Waals surface area contributed by atoms with Crippen LogP contribution in [0.15, 0.2) is 46.3 Å². The summed E-state index contributed by atoms with van der Waals surface area (Å²) < 4.78 is 18.2. The maximum Gasteiger partial charge on any atom is 0.262 e. The van der Waals surface area contributed by atoms with Crippen molar-refractivity contribution in [3.8, 4) is 11.5 Å². The summed E-state index contributed by atoms with van der Waals surface area (Å²) in [6.07, 6.45) is 0. The molecular formula is C21H21ClN2O4S. The lowest BCUT2D eigenvalue weighted by molar-refractivity contribution is 0.156. The van der Waals surface area contributed by atoms with E-state index >= 15 is 0 Å². The fourth-order valence-corrected chi connectivity index (χ4v) is 4.64. The zero-order valence-electron chi connectivity index (χ0n) is 16.2. The summed E-state index contributed by atoms with van der Waals surface area (Å²) in [5, 5.41) is 1.76. The highest BCUT2D eigenvalue weighted by atomic mass is 35.5. The van der Waals surface area contributed by atoms with Crippen LogP contribution in [0.4, 0.5) is 0 Å². The first-order valence-electron chi connectivity index (χ1n) is 9.29. The van der Waals surface area contributed by atoms with Crippen LogP contribution in [0.1, 0.15) is 18.5 Å². The Labute approximate surface area is 177 Å². The smallest absolute Gasteiger partial charge is 0.262 e. The van der Waals surface area contributed by atoms with Crippen molar-refractivity contribution < 1.29 is 14.2 Å². The molecule has 2 heterocycles. The average molecular weight is 433 g/mol. The Morgan fingerprint density at radius 2 is 2.07 bits per heavy atom. The van der Waals surface area contributed by atoms with Gasteiger partial charge in [0.1, 0.15) is 13.2 Å². The van der Waals surface area contributed by atoms with Crippen molar-refractivity contribution in [3.63, 3.8) is 0 Å². The van der Waals surface area contributed by atoms with E-state index in [9.17, 15) is 4.79 Å². The van der Waals surface area contributed by atoms with Crippen LogP contribution in [0.3, 0.4) is 0 Å². The van der Waals surface area contributed by atoms with Gasteiger partial charge < -0.3 is 14.2 Å². The van der Waals surface area contributed by atoms with Gasteiger partial charge in [0.2, 0.25) is 0 Å². The molecule has 4 rings (SSSR count). The molecule has 0 spiro atoms. The van der Waals surface area contributed by atoms with Gasteiger partial charge in [0.05, 0.1) is 28.6 Å². The topological polar surface area (TPSA) is 62.6 Å². The molecule has 6 nitrogen and oxygen atoms in total. The molecule has 0 bridgehead atoms. The summed E-state index contributed by atoms with van der Waals surface area (Å²) in [6.45, 7) is 3.36. The molecule has 1 aliphatic rings. The number of hydrogen-bond donors (Lipinski definition) is 0. The van der Waals surface area contributed by atoms with Gasteiger partial charge in [0.15, 0.2) is 16.7 Å². The van der Waals surface area contributed by atoms with E-state index in [1.807, 2.05) is 37.3 Å². The fraction of sp³-hybridized carbons (Fsp3) is 0.333. The maximum atomic E-state index is 13.1. The van der Waals surface area contributed by atoms with Crippen LogP contribution in [0.5, 0.6) is 11.5 Å². The van der Waals surface area contributed by atoms with E-state index < -0.39 is 0 Å². The zero-order chi connectivity index (χ0) is 20.4.